The molecule has 2 heterocycles. The van der Waals surface area contributed by atoms with E-state index in [0.29, 0.717) is 6.61 Å². The average molecular weight is 311 g/mol. The molecule has 1 aromatic heterocycles. The number of ether oxygens (including phenoxy) is 2. The van der Waals surface area contributed by atoms with E-state index >= 15 is 0 Å². The van der Waals surface area contributed by atoms with Crippen molar-refractivity contribution in [2.24, 2.45) is 0 Å². The van der Waals surface area contributed by atoms with Crippen LogP contribution in [0.3, 0.4) is 0 Å². The zero-order valence-corrected chi connectivity index (χ0v) is 13.0. The van der Waals surface area contributed by atoms with Crippen molar-refractivity contribution in [3.63, 3.8) is 0 Å². The van der Waals surface area contributed by atoms with Crippen molar-refractivity contribution in [1.29, 1.82) is 0 Å². The molecule has 1 aliphatic rings. The van der Waals surface area contributed by atoms with Crippen LogP contribution < -0.4 is 4.74 Å². The average Bonchev–Trinajstić information content (AvgIpc) is 3.37. The molecule has 4 heteroatoms. The van der Waals surface area contributed by atoms with Gasteiger partial charge in [0.1, 0.15) is 18.5 Å². The first-order chi connectivity index (χ1) is 10.4. The van der Waals surface area contributed by atoms with Crippen LogP contribution in [0.1, 0.15) is 0 Å². The van der Waals surface area contributed by atoms with E-state index < -0.39 is 0 Å². The Morgan fingerprint density at radius 2 is 1.91 bits per heavy atom. The van der Waals surface area contributed by atoms with Crippen molar-refractivity contribution in [2.45, 2.75) is 6.10 Å². The Morgan fingerprint density at radius 1 is 1.09 bits per heavy atom. The van der Waals surface area contributed by atoms with E-state index in [9.17, 15) is 0 Å². The van der Waals surface area contributed by atoms with E-state index in [1.165, 1.54) is 0 Å². The van der Waals surface area contributed by atoms with Crippen LogP contribution in [-0.2, 0) is 4.74 Å². The molecule has 0 saturated carbocycles. The molecule has 3 aromatic rings. The SMILES string of the molecule is S.c1cc(OC[C@@H]2CO2)cc(-c2cccc3cccnc23)c1. The van der Waals surface area contributed by atoms with Crippen LogP contribution in [0.2, 0.25) is 0 Å². The van der Waals surface area contributed by atoms with Gasteiger partial charge in [0.15, 0.2) is 0 Å². The van der Waals surface area contributed by atoms with E-state index in [-0.39, 0.29) is 19.6 Å². The quantitative estimate of drug-likeness (QED) is 0.688. The van der Waals surface area contributed by atoms with Gasteiger partial charge in [-0.1, -0.05) is 36.4 Å². The highest BCUT2D eigenvalue weighted by atomic mass is 32.1. The van der Waals surface area contributed by atoms with Gasteiger partial charge >= 0.3 is 0 Å². The summed E-state index contributed by atoms with van der Waals surface area (Å²) in [5.41, 5.74) is 3.26. The molecule has 22 heavy (non-hydrogen) atoms. The smallest absolute Gasteiger partial charge is 0.120 e. The fourth-order valence-electron chi connectivity index (χ4n) is 2.44. The predicted molar refractivity (Wildman–Crippen MR) is 92.8 cm³/mol. The highest BCUT2D eigenvalue weighted by molar-refractivity contribution is 7.59. The first-order valence-electron chi connectivity index (χ1n) is 7.09. The lowest BCUT2D eigenvalue weighted by molar-refractivity contribution is 0.263. The van der Waals surface area contributed by atoms with Crippen LogP contribution in [0, 0.1) is 0 Å². The van der Waals surface area contributed by atoms with Crippen LogP contribution >= 0.6 is 13.5 Å². The third kappa shape index (κ3) is 3.08. The van der Waals surface area contributed by atoms with E-state index in [1.54, 1.807) is 0 Å². The number of pyridine rings is 1. The Bertz CT molecular complexity index is 781. The number of hydrogen-bond donors (Lipinski definition) is 0. The number of aromatic nitrogens is 1. The first kappa shape index (κ1) is 14.9. The second-order valence-electron chi connectivity index (χ2n) is 5.17. The Balaban J connectivity index is 0.00000144. The number of fused-ring (bicyclic) bond motifs is 1. The molecule has 0 unspecified atom stereocenters. The lowest BCUT2D eigenvalue weighted by Crippen LogP contribution is -2.03. The molecule has 0 amide bonds. The van der Waals surface area contributed by atoms with Gasteiger partial charge in [0.05, 0.1) is 12.1 Å². The van der Waals surface area contributed by atoms with Crippen molar-refractivity contribution in [3.8, 4) is 16.9 Å². The van der Waals surface area contributed by atoms with Gasteiger partial charge in [0.25, 0.3) is 0 Å². The second kappa shape index (κ2) is 6.38. The monoisotopic (exact) mass is 311 g/mol. The molecule has 0 aliphatic carbocycles. The zero-order valence-electron chi connectivity index (χ0n) is 12.0. The van der Waals surface area contributed by atoms with Crippen molar-refractivity contribution in [1.82, 2.24) is 4.98 Å². The number of hydrogen-bond acceptors (Lipinski definition) is 3. The van der Waals surface area contributed by atoms with E-state index in [2.05, 4.69) is 41.4 Å². The van der Waals surface area contributed by atoms with E-state index in [1.807, 2.05) is 24.4 Å². The zero-order chi connectivity index (χ0) is 14.1. The topological polar surface area (TPSA) is 34.6 Å². The summed E-state index contributed by atoms with van der Waals surface area (Å²) < 4.78 is 10.9. The molecular weight excluding hydrogens is 294 g/mol. The molecule has 1 atom stereocenters. The van der Waals surface area contributed by atoms with Gasteiger partial charge in [-0.05, 0) is 23.8 Å². The number of nitrogens with zero attached hydrogens (tertiary/aromatic N) is 1. The Labute approximate surface area is 136 Å². The molecule has 0 spiro atoms. The van der Waals surface area contributed by atoms with Crippen molar-refractivity contribution in [3.05, 3.63) is 60.8 Å². The van der Waals surface area contributed by atoms with E-state index in [0.717, 1.165) is 34.4 Å². The number of rotatable bonds is 4. The fraction of sp³-hybridized carbons (Fsp3) is 0.167. The van der Waals surface area contributed by atoms with Gasteiger partial charge in [-0.15, -0.1) is 0 Å². The number of epoxide rings is 1. The summed E-state index contributed by atoms with van der Waals surface area (Å²) in [6.07, 6.45) is 2.10. The first-order valence-corrected chi connectivity index (χ1v) is 7.09. The van der Waals surface area contributed by atoms with Crippen LogP contribution in [-0.4, -0.2) is 24.3 Å². The van der Waals surface area contributed by atoms with Crippen LogP contribution in [0.5, 0.6) is 5.75 Å². The van der Waals surface area contributed by atoms with Gasteiger partial charge < -0.3 is 9.47 Å². The predicted octanol–water partition coefficient (Wildman–Crippen LogP) is 3.79. The highest BCUT2D eigenvalue weighted by Gasteiger charge is 2.23. The molecule has 4 rings (SSSR count). The maximum Gasteiger partial charge on any atom is 0.120 e. The van der Waals surface area contributed by atoms with Crippen molar-refractivity contribution < 1.29 is 9.47 Å². The summed E-state index contributed by atoms with van der Waals surface area (Å²) >= 11 is 0. The van der Waals surface area contributed by atoms with Crippen LogP contribution in [0.25, 0.3) is 22.0 Å². The largest absolute Gasteiger partial charge is 0.491 e. The maximum absolute atomic E-state index is 5.76. The summed E-state index contributed by atoms with van der Waals surface area (Å²) in [4.78, 5) is 4.51. The number of para-hydroxylation sites is 1. The molecule has 1 saturated heterocycles. The molecule has 0 radical (unpaired) electrons. The molecule has 1 aliphatic heterocycles. The summed E-state index contributed by atoms with van der Waals surface area (Å²) in [5.74, 6) is 0.871. The lowest BCUT2D eigenvalue weighted by Gasteiger charge is -2.09. The third-order valence-electron chi connectivity index (χ3n) is 3.62. The fourth-order valence-corrected chi connectivity index (χ4v) is 2.44. The minimum Gasteiger partial charge on any atom is -0.491 e. The van der Waals surface area contributed by atoms with Crippen LogP contribution in [0.4, 0.5) is 0 Å². The molecule has 2 aromatic carbocycles. The summed E-state index contributed by atoms with van der Waals surface area (Å²) in [6, 6.07) is 18.4. The van der Waals surface area contributed by atoms with Gasteiger partial charge in [0, 0.05) is 17.1 Å². The Morgan fingerprint density at radius 3 is 2.77 bits per heavy atom. The molecule has 0 bridgehead atoms. The second-order valence-corrected chi connectivity index (χ2v) is 5.17. The lowest BCUT2D eigenvalue weighted by atomic mass is 10.0. The van der Waals surface area contributed by atoms with E-state index in [4.69, 9.17) is 9.47 Å². The summed E-state index contributed by atoms with van der Waals surface area (Å²) in [7, 11) is 0. The molecular formula is C18H17NO2S. The summed E-state index contributed by atoms with van der Waals surface area (Å²) in [6.45, 7) is 1.43. The Hall–Kier alpha value is -2.04. The standard InChI is InChI=1S/C18H15NO2.H2S/c1-5-14(10-15(7-1)20-11-16-12-21-16)17-8-2-4-13-6-3-9-19-18(13)17;/h1-10,16H,11-12H2;1H2/t16-;/m1./s1. The van der Waals surface area contributed by atoms with Gasteiger partial charge in [-0.2, -0.15) is 13.5 Å². The molecule has 1 fully saturated rings. The van der Waals surface area contributed by atoms with Gasteiger partial charge in [-0.3, -0.25) is 4.98 Å². The molecule has 3 nitrogen and oxygen atoms in total. The summed E-state index contributed by atoms with van der Waals surface area (Å²) in [5, 5.41) is 1.15. The van der Waals surface area contributed by atoms with Gasteiger partial charge in [0.2, 0.25) is 0 Å². The van der Waals surface area contributed by atoms with Crippen LogP contribution in [0.15, 0.2) is 60.8 Å². The minimum absolute atomic E-state index is 0. The van der Waals surface area contributed by atoms with Gasteiger partial charge in [-0.25, -0.2) is 0 Å². The normalized spacial score (nSPS) is 16.1. The third-order valence-corrected chi connectivity index (χ3v) is 3.62. The minimum atomic E-state index is 0. The molecule has 0 N–H and O–H groups in total. The van der Waals surface area contributed by atoms with Crippen molar-refractivity contribution >= 4 is 24.4 Å². The molecule has 112 valence electrons. The maximum atomic E-state index is 5.76. The highest BCUT2D eigenvalue weighted by Crippen LogP contribution is 2.29. The number of benzene rings is 2. The van der Waals surface area contributed by atoms with Crippen molar-refractivity contribution in [2.75, 3.05) is 13.2 Å². The Kier molecular flexibility index (Phi) is 4.32.